The molecule has 2 aromatic carbocycles. The molecule has 0 saturated carbocycles. The minimum Gasteiger partial charge on any atom is -0.481 e. The smallest absolute Gasteiger partial charge is 0.481 e. The third kappa shape index (κ3) is 4.41. The molecule has 0 heterocycles. The zero-order valence-corrected chi connectivity index (χ0v) is 15.1. The molecule has 0 spiro atoms. The van der Waals surface area contributed by atoms with Gasteiger partial charge >= 0.3 is 35.5 Å². The molecule has 0 aliphatic rings. The number of anilines is 1. The molecule has 0 amide bonds. The number of nitrogens with two attached hydrogens (primary N) is 1. The normalized spacial score (nSPS) is 9.76. The summed E-state index contributed by atoms with van der Waals surface area (Å²) in [5.74, 6) is -1.20. The van der Waals surface area contributed by atoms with E-state index in [1.54, 1.807) is 42.5 Å². The van der Waals surface area contributed by atoms with E-state index in [0.717, 1.165) is 4.47 Å². The van der Waals surface area contributed by atoms with Crippen molar-refractivity contribution >= 4 is 33.4 Å². The monoisotopic (exact) mass is 356 g/mol. The first-order valence-corrected chi connectivity index (χ1v) is 6.68. The maximum Gasteiger partial charge on any atom is 1.00 e. The molecule has 2 aromatic rings. The summed E-state index contributed by atoms with van der Waals surface area (Å²) in [4.78, 5) is 23.1. The summed E-state index contributed by atoms with van der Waals surface area (Å²) in [6.07, 6.45) is -0.201. The van der Waals surface area contributed by atoms with Crippen molar-refractivity contribution in [2.24, 2.45) is 0 Å². The predicted octanol–water partition coefficient (Wildman–Crippen LogP) is -0.107. The van der Waals surface area contributed by atoms with E-state index < -0.39 is 5.97 Å². The van der Waals surface area contributed by atoms with Crippen LogP contribution >= 0.6 is 15.9 Å². The second-order valence-corrected chi connectivity index (χ2v) is 5.20. The Bertz CT molecular complexity index is 671. The van der Waals surface area contributed by atoms with E-state index in [0.29, 0.717) is 16.7 Å². The van der Waals surface area contributed by atoms with Gasteiger partial charge in [0.05, 0.1) is 6.42 Å². The van der Waals surface area contributed by atoms with Crippen LogP contribution in [0.1, 0.15) is 21.5 Å². The van der Waals surface area contributed by atoms with Crippen LogP contribution in [0.15, 0.2) is 46.9 Å². The summed E-state index contributed by atoms with van der Waals surface area (Å²) in [7, 11) is 0. The number of aliphatic carboxylic acids is 1. The van der Waals surface area contributed by atoms with Crippen LogP contribution in [0.2, 0.25) is 0 Å². The summed E-state index contributed by atoms with van der Waals surface area (Å²) in [6.45, 7) is 0. The van der Waals surface area contributed by atoms with Crippen LogP contribution in [-0.2, 0) is 11.2 Å². The van der Waals surface area contributed by atoms with Crippen LogP contribution in [0.4, 0.5) is 5.69 Å². The van der Waals surface area contributed by atoms with Crippen molar-refractivity contribution in [3.05, 3.63) is 63.6 Å². The van der Waals surface area contributed by atoms with E-state index in [2.05, 4.69) is 15.9 Å². The molecule has 0 aliphatic heterocycles. The zero-order chi connectivity index (χ0) is 14.7. The largest absolute Gasteiger partial charge is 1.00 e. The Balaban J connectivity index is 0.00000220. The zero-order valence-electron chi connectivity index (χ0n) is 11.5. The van der Waals surface area contributed by atoms with Crippen LogP contribution in [0, 0.1) is 0 Å². The number of hydrogen-bond donors (Lipinski definition) is 2. The van der Waals surface area contributed by atoms with Gasteiger partial charge in [0, 0.05) is 21.3 Å². The van der Waals surface area contributed by atoms with Gasteiger partial charge in [-0.2, -0.15) is 0 Å². The van der Waals surface area contributed by atoms with Crippen molar-refractivity contribution in [3.8, 4) is 0 Å². The molecule has 6 heteroatoms. The van der Waals surface area contributed by atoms with Crippen LogP contribution in [0.25, 0.3) is 0 Å². The van der Waals surface area contributed by atoms with Crippen LogP contribution in [-0.4, -0.2) is 16.9 Å². The van der Waals surface area contributed by atoms with Gasteiger partial charge in [0.25, 0.3) is 0 Å². The summed E-state index contributed by atoms with van der Waals surface area (Å²) in [6, 6.07) is 11.8. The number of carboxylic acid groups (broad SMARTS) is 1. The van der Waals surface area contributed by atoms with Crippen molar-refractivity contribution in [2.45, 2.75) is 6.42 Å². The third-order valence-electron chi connectivity index (χ3n) is 2.89. The quantitative estimate of drug-likeness (QED) is 0.455. The fraction of sp³-hybridized carbons (Fsp3) is 0.0667. The van der Waals surface area contributed by atoms with Gasteiger partial charge < -0.3 is 10.8 Å². The predicted molar refractivity (Wildman–Crippen MR) is 79.8 cm³/mol. The molecule has 0 aliphatic carbocycles. The first kappa shape index (κ1) is 17.9. The van der Waals surface area contributed by atoms with Crippen LogP contribution < -0.4 is 35.3 Å². The number of ketones is 1. The number of hydrogen-bond acceptors (Lipinski definition) is 3. The molecule has 102 valence electrons. The minimum absolute atomic E-state index is 0. The maximum absolute atomic E-state index is 12.4. The Morgan fingerprint density at radius 1 is 1.10 bits per heavy atom. The Hall–Kier alpha value is -1.14. The molecule has 3 N–H and O–H groups in total. The van der Waals surface area contributed by atoms with E-state index >= 15 is 0 Å². The Morgan fingerprint density at radius 2 is 1.71 bits per heavy atom. The number of para-hydroxylation sites is 1. The third-order valence-corrected chi connectivity index (χ3v) is 3.42. The van der Waals surface area contributed by atoms with E-state index in [1.165, 1.54) is 0 Å². The molecule has 0 unspecified atom stereocenters. The molecular formula is C15H12BrNNaO3+. The van der Waals surface area contributed by atoms with Gasteiger partial charge in [-0.15, -0.1) is 0 Å². The van der Waals surface area contributed by atoms with Gasteiger partial charge in [-0.25, -0.2) is 0 Å². The standard InChI is InChI=1S/C15H12BrNO3.Na/c16-11-6-4-9(5-7-11)15(20)12-3-1-2-10(14(12)17)8-13(18)19;/h1-7H,8,17H2,(H,18,19);/q;+1. The molecule has 0 saturated heterocycles. The number of benzene rings is 2. The summed E-state index contributed by atoms with van der Waals surface area (Å²) < 4.78 is 0.877. The van der Waals surface area contributed by atoms with Crippen molar-refractivity contribution in [3.63, 3.8) is 0 Å². The molecule has 0 radical (unpaired) electrons. The van der Waals surface area contributed by atoms with Crippen molar-refractivity contribution in [2.75, 3.05) is 5.73 Å². The molecule has 4 nitrogen and oxygen atoms in total. The van der Waals surface area contributed by atoms with Gasteiger partial charge in [0.1, 0.15) is 0 Å². The molecule has 0 atom stereocenters. The van der Waals surface area contributed by atoms with E-state index in [1.807, 2.05) is 0 Å². The van der Waals surface area contributed by atoms with Crippen molar-refractivity contribution in [1.82, 2.24) is 0 Å². The van der Waals surface area contributed by atoms with Gasteiger partial charge in [0.15, 0.2) is 5.78 Å². The fourth-order valence-corrected chi connectivity index (χ4v) is 2.15. The minimum atomic E-state index is -0.982. The Labute approximate surface area is 152 Å². The van der Waals surface area contributed by atoms with E-state index in [9.17, 15) is 9.59 Å². The van der Waals surface area contributed by atoms with Crippen LogP contribution in [0.5, 0.6) is 0 Å². The number of carbonyl (C=O) groups is 2. The fourth-order valence-electron chi connectivity index (χ4n) is 1.88. The summed E-state index contributed by atoms with van der Waals surface area (Å²) in [5, 5.41) is 8.82. The number of nitrogen functional groups attached to an aromatic ring is 1. The molecule has 21 heavy (non-hydrogen) atoms. The number of rotatable bonds is 4. The van der Waals surface area contributed by atoms with E-state index in [4.69, 9.17) is 10.8 Å². The molecule has 2 rings (SSSR count). The topological polar surface area (TPSA) is 80.4 Å². The molecule has 0 fully saturated rings. The SMILES string of the molecule is Nc1c(CC(=O)O)cccc1C(=O)c1ccc(Br)cc1.[Na+]. The van der Waals surface area contributed by atoms with Gasteiger partial charge in [-0.1, -0.05) is 28.1 Å². The van der Waals surface area contributed by atoms with Crippen molar-refractivity contribution < 1.29 is 44.3 Å². The van der Waals surface area contributed by atoms with Crippen LogP contribution in [0.3, 0.4) is 0 Å². The Morgan fingerprint density at radius 3 is 2.29 bits per heavy atom. The average molecular weight is 357 g/mol. The number of halogens is 1. The first-order chi connectivity index (χ1) is 9.49. The maximum atomic E-state index is 12.4. The first-order valence-electron chi connectivity index (χ1n) is 5.88. The number of carbonyl (C=O) groups excluding carboxylic acids is 1. The summed E-state index contributed by atoms with van der Waals surface area (Å²) in [5.41, 5.74) is 7.41. The Kier molecular flexibility index (Phi) is 6.61. The van der Waals surface area contributed by atoms with Crippen molar-refractivity contribution in [1.29, 1.82) is 0 Å². The molecule has 0 bridgehead atoms. The molecular weight excluding hydrogens is 345 g/mol. The molecule has 0 aromatic heterocycles. The van der Waals surface area contributed by atoms with Gasteiger partial charge in [-0.05, 0) is 35.9 Å². The average Bonchev–Trinajstić information content (AvgIpc) is 2.41. The van der Waals surface area contributed by atoms with Gasteiger partial charge in [-0.3, -0.25) is 9.59 Å². The van der Waals surface area contributed by atoms with Gasteiger partial charge in [0.2, 0.25) is 0 Å². The second-order valence-electron chi connectivity index (χ2n) is 4.28. The summed E-state index contributed by atoms with van der Waals surface area (Å²) >= 11 is 3.30. The number of carboxylic acids is 1. The van der Waals surface area contributed by atoms with E-state index in [-0.39, 0.29) is 47.4 Å². The second kappa shape index (κ2) is 7.75.